The summed E-state index contributed by atoms with van der Waals surface area (Å²) in [5.74, 6) is 0.0424. The smallest absolute Gasteiger partial charge is 0.225 e. The van der Waals surface area contributed by atoms with Gasteiger partial charge in [-0.3, -0.25) is 4.79 Å². The molecule has 0 unspecified atom stereocenters. The lowest BCUT2D eigenvalue weighted by atomic mass is 10.2. The number of hydrogen-bond donors (Lipinski definition) is 2. The number of carbonyl (C=O) groups excluding carboxylic acids is 1. The molecule has 4 nitrogen and oxygen atoms in total. The van der Waals surface area contributed by atoms with Gasteiger partial charge in [0, 0.05) is 44.5 Å². The van der Waals surface area contributed by atoms with E-state index in [1.165, 1.54) is 0 Å². The van der Waals surface area contributed by atoms with Crippen molar-refractivity contribution in [1.82, 2.24) is 5.32 Å². The van der Waals surface area contributed by atoms with Gasteiger partial charge in [0.15, 0.2) is 0 Å². The summed E-state index contributed by atoms with van der Waals surface area (Å²) >= 11 is 0. The van der Waals surface area contributed by atoms with Crippen LogP contribution in [0.3, 0.4) is 0 Å². The van der Waals surface area contributed by atoms with E-state index in [2.05, 4.69) is 24.5 Å². The summed E-state index contributed by atoms with van der Waals surface area (Å²) in [6.07, 6.45) is 0.494. The average Bonchev–Trinajstić information content (AvgIpc) is 2.29. The first-order valence-electron chi connectivity index (χ1n) is 6.29. The maximum atomic E-state index is 11.7. The third kappa shape index (κ3) is 5.19. The summed E-state index contributed by atoms with van der Waals surface area (Å²) in [5.41, 5.74) is 1.96. The first-order valence-corrected chi connectivity index (χ1v) is 6.29. The van der Waals surface area contributed by atoms with E-state index in [0.29, 0.717) is 19.0 Å². The molecule has 1 aromatic carbocycles. The van der Waals surface area contributed by atoms with E-state index in [1.54, 1.807) is 0 Å². The molecule has 0 radical (unpaired) electrons. The van der Waals surface area contributed by atoms with E-state index in [4.69, 9.17) is 0 Å². The highest BCUT2D eigenvalue weighted by Crippen LogP contribution is 2.15. The van der Waals surface area contributed by atoms with Crippen LogP contribution in [0.2, 0.25) is 0 Å². The molecule has 0 aliphatic rings. The van der Waals surface area contributed by atoms with E-state index in [-0.39, 0.29) is 5.91 Å². The van der Waals surface area contributed by atoms with Gasteiger partial charge < -0.3 is 15.5 Å². The van der Waals surface area contributed by atoms with Crippen LogP contribution >= 0.6 is 0 Å². The topological polar surface area (TPSA) is 44.4 Å². The fourth-order valence-corrected chi connectivity index (χ4v) is 1.54. The molecule has 0 fully saturated rings. The van der Waals surface area contributed by atoms with Crippen molar-refractivity contribution in [1.29, 1.82) is 0 Å². The molecular weight excluding hydrogens is 226 g/mol. The number of hydrogen-bond acceptors (Lipinski definition) is 3. The molecule has 1 aromatic rings. The van der Waals surface area contributed by atoms with E-state index in [1.807, 2.05) is 43.3 Å². The zero-order valence-electron chi connectivity index (χ0n) is 11.7. The summed E-state index contributed by atoms with van der Waals surface area (Å²) in [6, 6.07) is 8.23. The van der Waals surface area contributed by atoms with Crippen molar-refractivity contribution in [3.63, 3.8) is 0 Å². The van der Waals surface area contributed by atoms with Gasteiger partial charge in [0.2, 0.25) is 5.91 Å². The second-order valence-electron chi connectivity index (χ2n) is 4.85. The molecule has 100 valence electrons. The average molecular weight is 249 g/mol. The number of amides is 1. The van der Waals surface area contributed by atoms with Gasteiger partial charge in [0.25, 0.3) is 0 Å². The van der Waals surface area contributed by atoms with Gasteiger partial charge in [-0.2, -0.15) is 0 Å². The summed E-state index contributed by atoms with van der Waals surface area (Å²) in [7, 11) is 3.98. The Kier molecular flexibility index (Phi) is 5.65. The number of benzene rings is 1. The normalized spacial score (nSPS) is 10.5. The van der Waals surface area contributed by atoms with Gasteiger partial charge >= 0.3 is 0 Å². The molecule has 0 atom stereocenters. The van der Waals surface area contributed by atoms with Crippen molar-refractivity contribution >= 4 is 17.3 Å². The minimum Gasteiger partial charge on any atom is -0.378 e. The lowest BCUT2D eigenvalue weighted by Crippen LogP contribution is -2.27. The van der Waals surface area contributed by atoms with Crippen molar-refractivity contribution in [3.05, 3.63) is 24.3 Å². The van der Waals surface area contributed by atoms with Gasteiger partial charge in [-0.25, -0.2) is 0 Å². The maximum Gasteiger partial charge on any atom is 0.225 e. The molecule has 1 amide bonds. The van der Waals surface area contributed by atoms with Crippen molar-refractivity contribution in [2.75, 3.05) is 30.9 Å². The molecule has 4 heteroatoms. The van der Waals surface area contributed by atoms with Crippen LogP contribution < -0.4 is 15.5 Å². The Morgan fingerprint density at radius 1 is 1.22 bits per heavy atom. The van der Waals surface area contributed by atoms with Crippen LogP contribution in [0.15, 0.2) is 24.3 Å². The molecule has 1 rings (SSSR count). The second-order valence-corrected chi connectivity index (χ2v) is 4.85. The Bertz CT molecular complexity index is 371. The van der Waals surface area contributed by atoms with Gasteiger partial charge in [-0.05, 0) is 24.3 Å². The van der Waals surface area contributed by atoms with Crippen LogP contribution in [0.5, 0.6) is 0 Å². The van der Waals surface area contributed by atoms with Crippen LogP contribution in [0.25, 0.3) is 0 Å². The van der Waals surface area contributed by atoms with Crippen LogP contribution in [-0.4, -0.2) is 32.6 Å². The number of carbonyl (C=O) groups is 1. The van der Waals surface area contributed by atoms with E-state index in [0.717, 1.165) is 11.4 Å². The Balaban J connectivity index is 2.40. The Morgan fingerprint density at radius 3 is 2.33 bits per heavy atom. The molecule has 0 saturated carbocycles. The third-order valence-electron chi connectivity index (χ3n) is 2.57. The Morgan fingerprint density at radius 2 is 1.83 bits per heavy atom. The highest BCUT2D eigenvalue weighted by atomic mass is 16.1. The van der Waals surface area contributed by atoms with Crippen molar-refractivity contribution in [2.24, 2.45) is 0 Å². The number of rotatable bonds is 6. The third-order valence-corrected chi connectivity index (χ3v) is 2.57. The van der Waals surface area contributed by atoms with Crippen molar-refractivity contribution in [3.8, 4) is 0 Å². The number of nitrogens with zero attached hydrogens (tertiary/aromatic N) is 1. The molecule has 18 heavy (non-hydrogen) atoms. The zero-order chi connectivity index (χ0) is 13.5. The maximum absolute atomic E-state index is 11.7. The Labute approximate surface area is 109 Å². The van der Waals surface area contributed by atoms with Crippen LogP contribution in [-0.2, 0) is 4.79 Å². The molecule has 0 aliphatic carbocycles. The molecule has 0 bridgehead atoms. The summed E-state index contributed by atoms with van der Waals surface area (Å²) in [6.45, 7) is 4.84. The molecule has 0 aromatic heterocycles. The van der Waals surface area contributed by atoms with Gasteiger partial charge in [0.1, 0.15) is 0 Å². The van der Waals surface area contributed by atoms with Gasteiger partial charge in [-0.1, -0.05) is 13.8 Å². The highest BCUT2D eigenvalue weighted by molar-refractivity contribution is 5.91. The molecular formula is C14H23N3O. The van der Waals surface area contributed by atoms with Crippen molar-refractivity contribution < 1.29 is 4.79 Å². The lowest BCUT2D eigenvalue weighted by molar-refractivity contribution is -0.116. The molecule has 2 N–H and O–H groups in total. The SMILES string of the molecule is CC(C)NCCC(=O)Nc1ccc(N(C)C)cc1. The molecule has 0 saturated heterocycles. The second kappa shape index (κ2) is 7.01. The minimum atomic E-state index is 0.0424. The predicted molar refractivity (Wildman–Crippen MR) is 77.2 cm³/mol. The van der Waals surface area contributed by atoms with E-state index >= 15 is 0 Å². The molecule has 0 spiro atoms. The number of nitrogens with one attached hydrogen (secondary N) is 2. The monoisotopic (exact) mass is 249 g/mol. The van der Waals surface area contributed by atoms with Crippen molar-refractivity contribution in [2.45, 2.75) is 26.3 Å². The summed E-state index contributed by atoms with van der Waals surface area (Å²) in [5, 5.41) is 6.10. The van der Waals surface area contributed by atoms with Crippen LogP contribution in [0, 0.1) is 0 Å². The lowest BCUT2D eigenvalue weighted by Gasteiger charge is -2.13. The van der Waals surface area contributed by atoms with E-state index in [9.17, 15) is 4.79 Å². The highest BCUT2D eigenvalue weighted by Gasteiger charge is 2.03. The Hall–Kier alpha value is -1.55. The largest absolute Gasteiger partial charge is 0.378 e. The van der Waals surface area contributed by atoms with Gasteiger partial charge in [-0.15, -0.1) is 0 Å². The zero-order valence-corrected chi connectivity index (χ0v) is 11.7. The molecule has 0 heterocycles. The van der Waals surface area contributed by atoms with E-state index < -0.39 is 0 Å². The minimum absolute atomic E-state index is 0.0424. The first-order chi connectivity index (χ1) is 8.49. The predicted octanol–water partition coefficient (Wildman–Crippen LogP) is 2.08. The summed E-state index contributed by atoms with van der Waals surface area (Å²) in [4.78, 5) is 13.7. The molecule has 0 aliphatic heterocycles. The first kappa shape index (κ1) is 14.5. The number of anilines is 2. The summed E-state index contributed by atoms with van der Waals surface area (Å²) < 4.78 is 0. The quantitative estimate of drug-likeness (QED) is 0.811. The van der Waals surface area contributed by atoms with Crippen LogP contribution in [0.1, 0.15) is 20.3 Å². The standard InChI is InChI=1S/C14H23N3O/c1-11(2)15-10-9-14(18)16-12-5-7-13(8-6-12)17(3)4/h5-8,11,15H,9-10H2,1-4H3,(H,16,18). The fourth-order valence-electron chi connectivity index (χ4n) is 1.54. The fraction of sp³-hybridized carbons (Fsp3) is 0.500. The van der Waals surface area contributed by atoms with Gasteiger partial charge in [0.05, 0.1) is 0 Å². The van der Waals surface area contributed by atoms with Crippen LogP contribution in [0.4, 0.5) is 11.4 Å².